The van der Waals surface area contributed by atoms with Gasteiger partial charge in [0.1, 0.15) is 0 Å². The number of halogens is 2. The second kappa shape index (κ2) is 10.6. The van der Waals surface area contributed by atoms with Crippen LogP contribution < -0.4 is 16.0 Å². The number of benzene rings is 2. The third kappa shape index (κ3) is 4.85. The predicted molar refractivity (Wildman–Crippen MR) is 111 cm³/mol. The van der Waals surface area contributed by atoms with Crippen LogP contribution in [-0.2, 0) is 0 Å². The zero-order chi connectivity index (χ0) is 16.1. The molecule has 3 rings (SSSR count). The van der Waals surface area contributed by atoms with Crippen LogP contribution in [-0.4, -0.2) is 32.1 Å². The first kappa shape index (κ1) is 21.7. The lowest BCUT2D eigenvalue weighted by atomic mass is 10.1. The van der Waals surface area contributed by atoms with E-state index in [1.54, 1.807) is 0 Å². The maximum Gasteiger partial charge on any atom is 0.258 e. The molecule has 0 radical (unpaired) electrons. The van der Waals surface area contributed by atoms with E-state index < -0.39 is 0 Å². The summed E-state index contributed by atoms with van der Waals surface area (Å²) in [6.07, 6.45) is 4.31. The van der Waals surface area contributed by atoms with Gasteiger partial charge in [-0.1, -0.05) is 24.3 Å². The second-order valence-electron chi connectivity index (χ2n) is 6.09. The zero-order valence-corrected chi connectivity index (χ0v) is 16.0. The van der Waals surface area contributed by atoms with Gasteiger partial charge in [-0.3, -0.25) is 4.79 Å². The summed E-state index contributed by atoms with van der Waals surface area (Å²) in [4.78, 5) is 14.6. The van der Waals surface area contributed by atoms with E-state index in [1.165, 1.54) is 0 Å². The monoisotopic (exact) mass is 383 g/mol. The number of rotatable bonds is 9. The minimum absolute atomic E-state index is 0. The van der Waals surface area contributed by atoms with Gasteiger partial charge >= 0.3 is 0 Å². The van der Waals surface area contributed by atoms with E-state index in [0.29, 0.717) is 0 Å². The van der Waals surface area contributed by atoms with Crippen molar-refractivity contribution in [2.45, 2.75) is 25.7 Å². The van der Waals surface area contributed by atoms with Gasteiger partial charge in [0.25, 0.3) is 5.91 Å². The van der Waals surface area contributed by atoms with Crippen LogP contribution in [0.15, 0.2) is 36.4 Å². The quantitative estimate of drug-likeness (QED) is 0.648. The molecule has 0 fully saturated rings. The summed E-state index contributed by atoms with van der Waals surface area (Å²) in [6.45, 7) is 3.59. The SMILES string of the molecule is Cl.Cl.NCCCCNCCCCN1C(=O)c2cccc3cccc1c23. The Labute approximate surface area is 162 Å². The Balaban J connectivity index is 0.00000156. The summed E-state index contributed by atoms with van der Waals surface area (Å²) < 4.78 is 0. The molecule has 1 heterocycles. The molecule has 1 amide bonds. The number of carbonyl (C=O) groups excluding carboxylic acids is 1. The summed E-state index contributed by atoms with van der Waals surface area (Å²) in [5.74, 6) is 0.146. The van der Waals surface area contributed by atoms with Crippen LogP contribution in [0.5, 0.6) is 0 Å². The van der Waals surface area contributed by atoms with Gasteiger partial charge in [-0.25, -0.2) is 0 Å². The van der Waals surface area contributed by atoms with Crippen LogP contribution in [0.1, 0.15) is 36.0 Å². The maximum atomic E-state index is 12.6. The smallest absolute Gasteiger partial charge is 0.258 e. The Morgan fingerprint density at radius 3 is 2.32 bits per heavy atom. The molecule has 3 N–H and O–H groups in total. The fraction of sp³-hybridized carbons (Fsp3) is 0.421. The molecule has 1 aliphatic heterocycles. The first-order chi connectivity index (χ1) is 11.3. The molecular weight excluding hydrogens is 357 g/mol. The lowest BCUT2D eigenvalue weighted by Crippen LogP contribution is -2.28. The minimum Gasteiger partial charge on any atom is -0.330 e. The van der Waals surface area contributed by atoms with Crippen molar-refractivity contribution in [3.8, 4) is 0 Å². The largest absolute Gasteiger partial charge is 0.330 e. The number of nitrogens with two attached hydrogens (primary N) is 1. The maximum absolute atomic E-state index is 12.6. The molecular formula is C19H27Cl2N3O. The van der Waals surface area contributed by atoms with Gasteiger partial charge in [0.15, 0.2) is 0 Å². The predicted octanol–water partition coefficient (Wildman–Crippen LogP) is 3.75. The molecule has 6 heteroatoms. The topological polar surface area (TPSA) is 58.4 Å². The summed E-state index contributed by atoms with van der Waals surface area (Å²) in [6, 6.07) is 12.1. The molecule has 0 saturated carbocycles. The first-order valence-corrected chi connectivity index (χ1v) is 8.57. The van der Waals surface area contributed by atoms with Crippen LogP contribution in [0.25, 0.3) is 10.8 Å². The molecule has 0 atom stereocenters. The fourth-order valence-corrected chi connectivity index (χ4v) is 3.24. The average molecular weight is 384 g/mol. The number of hydrogen-bond acceptors (Lipinski definition) is 3. The van der Waals surface area contributed by atoms with Gasteiger partial charge in [-0.15, -0.1) is 24.8 Å². The summed E-state index contributed by atoms with van der Waals surface area (Å²) in [5, 5.41) is 5.70. The molecule has 4 nitrogen and oxygen atoms in total. The Kier molecular flexibility index (Phi) is 9.22. The standard InChI is InChI=1S/C19H25N3O.2ClH/c20-11-1-2-12-21-13-3-4-14-22-17-10-6-8-15-7-5-9-16(18(15)17)19(22)23;;/h5-10,21H,1-4,11-14,20H2;2*1H. The summed E-state index contributed by atoms with van der Waals surface area (Å²) >= 11 is 0. The van der Waals surface area contributed by atoms with Crippen LogP contribution in [0.4, 0.5) is 5.69 Å². The van der Waals surface area contributed by atoms with Crippen molar-refractivity contribution < 1.29 is 4.79 Å². The highest BCUT2D eigenvalue weighted by Gasteiger charge is 2.28. The van der Waals surface area contributed by atoms with Crippen molar-refractivity contribution in [2.75, 3.05) is 31.1 Å². The zero-order valence-electron chi connectivity index (χ0n) is 14.4. The Morgan fingerprint density at radius 1 is 0.920 bits per heavy atom. The van der Waals surface area contributed by atoms with Crippen molar-refractivity contribution in [2.24, 2.45) is 5.73 Å². The van der Waals surface area contributed by atoms with Crippen LogP contribution in [0, 0.1) is 0 Å². The van der Waals surface area contributed by atoms with Gasteiger partial charge in [0.2, 0.25) is 0 Å². The van der Waals surface area contributed by atoms with E-state index in [1.807, 2.05) is 23.1 Å². The van der Waals surface area contributed by atoms with Crippen molar-refractivity contribution in [1.29, 1.82) is 0 Å². The second-order valence-corrected chi connectivity index (χ2v) is 6.09. The molecule has 0 aromatic heterocycles. The molecule has 0 spiro atoms. The molecule has 138 valence electrons. The molecule has 2 aromatic carbocycles. The third-order valence-electron chi connectivity index (χ3n) is 4.44. The number of anilines is 1. The Hall–Kier alpha value is -1.33. The minimum atomic E-state index is 0. The van der Waals surface area contributed by atoms with Gasteiger partial charge in [0.05, 0.1) is 5.69 Å². The third-order valence-corrected chi connectivity index (χ3v) is 4.44. The van der Waals surface area contributed by atoms with E-state index in [-0.39, 0.29) is 30.7 Å². The van der Waals surface area contributed by atoms with E-state index in [4.69, 9.17) is 5.73 Å². The number of amides is 1. The van der Waals surface area contributed by atoms with E-state index in [2.05, 4.69) is 23.5 Å². The average Bonchev–Trinajstić information content (AvgIpc) is 2.85. The lowest BCUT2D eigenvalue weighted by Gasteiger charge is -2.17. The van der Waals surface area contributed by atoms with Gasteiger partial charge < -0.3 is 16.0 Å². The normalized spacial score (nSPS) is 12.2. The Bertz CT molecular complexity index is 688. The molecule has 2 aromatic rings. The van der Waals surface area contributed by atoms with Crippen molar-refractivity contribution in [3.63, 3.8) is 0 Å². The number of hydrogen-bond donors (Lipinski definition) is 2. The summed E-state index contributed by atoms with van der Waals surface area (Å²) in [5.41, 5.74) is 7.39. The van der Waals surface area contributed by atoms with Crippen molar-refractivity contribution >= 4 is 47.2 Å². The summed E-state index contributed by atoms with van der Waals surface area (Å²) in [7, 11) is 0. The Morgan fingerprint density at radius 2 is 1.60 bits per heavy atom. The molecule has 25 heavy (non-hydrogen) atoms. The van der Waals surface area contributed by atoms with Crippen LogP contribution in [0.2, 0.25) is 0 Å². The molecule has 0 bridgehead atoms. The van der Waals surface area contributed by atoms with E-state index in [0.717, 1.165) is 73.9 Å². The van der Waals surface area contributed by atoms with E-state index in [9.17, 15) is 4.79 Å². The van der Waals surface area contributed by atoms with Crippen LogP contribution >= 0.6 is 24.8 Å². The number of unbranched alkanes of at least 4 members (excludes halogenated alkanes) is 2. The fourth-order valence-electron chi connectivity index (χ4n) is 3.24. The van der Waals surface area contributed by atoms with Gasteiger partial charge in [-0.2, -0.15) is 0 Å². The van der Waals surface area contributed by atoms with Gasteiger partial charge in [0, 0.05) is 17.5 Å². The highest BCUT2D eigenvalue weighted by atomic mass is 35.5. The van der Waals surface area contributed by atoms with E-state index >= 15 is 0 Å². The first-order valence-electron chi connectivity index (χ1n) is 8.57. The molecule has 0 saturated heterocycles. The molecule has 0 aliphatic carbocycles. The van der Waals surface area contributed by atoms with Gasteiger partial charge in [-0.05, 0) is 62.8 Å². The number of nitrogens with one attached hydrogen (secondary N) is 1. The number of nitrogens with zero attached hydrogens (tertiary/aromatic N) is 1. The molecule has 1 aliphatic rings. The van der Waals surface area contributed by atoms with Crippen LogP contribution in [0.3, 0.4) is 0 Å². The molecule has 0 unspecified atom stereocenters. The van der Waals surface area contributed by atoms with Crippen molar-refractivity contribution in [1.82, 2.24) is 5.32 Å². The van der Waals surface area contributed by atoms with Crippen molar-refractivity contribution in [3.05, 3.63) is 42.0 Å². The highest BCUT2D eigenvalue weighted by Crippen LogP contribution is 2.37. The number of carbonyl (C=O) groups is 1. The highest BCUT2D eigenvalue weighted by molar-refractivity contribution is 6.24. The lowest BCUT2D eigenvalue weighted by molar-refractivity contribution is 0.0993.